The first kappa shape index (κ1) is 20.8. The zero-order valence-electron chi connectivity index (χ0n) is 16.6. The van der Waals surface area contributed by atoms with Crippen molar-refractivity contribution >= 4 is 15.9 Å². The van der Waals surface area contributed by atoms with Gasteiger partial charge in [-0.05, 0) is 55.2 Å². The molecule has 2 aromatic carbocycles. The van der Waals surface area contributed by atoms with Crippen LogP contribution in [0.25, 0.3) is 0 Å². The van der Waals surface area contributed by atoms with Gasteiger partial charge in [-0.3, -0.25) is 4.79 Å². The maximum atomic E-state index is 13.1. The van der Waals surface area contributed by atoms with Crippen molar-refractivity contribution in [3.8, 4) is 5.75 Å². The van der Waals surface area contributed by atoms with Gasteiger partial charge in [0.1, 0.15) is 11.6 Å². The molecule has 4 rings (SSSR count). The molecule has 2 aromatic rings. The molecule has 0 spiro atoms. The topological polar surface area (TPSA) is 75.7 Å². The zero-order chi connectivity index (χ0) is 21.1. The van der Waals surface area contributed by atoms with Crippen LogP contribution < -0.4 is 10.1 Å². The minimum Gasteiger partial charge on any atom is -0.493 e. The predicted molar refractivity (Wildman–Crippen MR) is 110 cm³/mol. The second kappa shape index (κ2) is 8.73. The van der Waals surface area contributed by atoms with Crippen LogP contribution in [0.3, 0.4) is 0 Å². The highest BCUT2D eigenvalue weighted by atomic mass is 32.2. The Morgan fingerprint density at radius 3 is 2.53 bits per heavy atom. The Morgan fingerprint density at radius 2 is 1.80 bits per heavy atom. The first-order valence-electron chi connectivity index (χ1n) is 10.2. The maximum Gasteiger partial charge on any atom is 0.243 e. The molecule has 2 aliphatic heterocycles. The lowest BCUT2D eigenvalue weighted by atomic mass is 9.95. The van der Waals surface area contributed by atoms with E-state index < -0.39 is 15.8 Å². The third-order valence-corrected chi connectivity index (χ3v) is 7.71. The number of carbonyl (C=O) groups is 1. The normalized spacial score (nSPS) is 20.2. The van der Waals surface area contributed by atoms with Gasteiger partial charge in [-0.2, -0.15) is 4.31 Å². The summed E-state index contributed by atoms with van der Waals surface area (Å²) in [6.45, 7) is 1.67. The van der Waals surface area contributed by atoms with Gasteiger partial charge >= 0.3 is 0 Å². The number of ether oxygens (including phenoxy) is 1. The Hall–Kier alpha value is -2.45. The second-order valence-corrected chi connectivity index (χ2v) is 9.80. The van der Waals surface area contributed by atoms with E-state index in [0.29, 0.717) is 26.0 Å². The lowest BCUT2D eigenvalue weighted by Gasteiger charge is -2.31. The fraction of sp³-hybridized carbons (Fsp3) is 0.409. The Morgan fingerprint density at radius 1 is 1.10 bits per heavy atom. The van der Waals surface area contributed by atoms with Crippen LogP contribution in [0.4, 0.5) is 4.39 Å². The first-order valence-corrected chi connectivity index (χ1v) is 11.6. The lowest BCUT2D eigenvalue weighted by molar-refractivity contribution is -0.126. The van der Waals surface area contributed by atoms with Crippen molar-refractivity contribution in [3.05, 3.63) is 59.9 Å². The number of para-hydroxylation sites is 1. The molecule has 0 radical (unpaired) electrons. The quantitative estimate of drug-likeness (QED) is 0.788. The molecular formula is C22H25FN2O4S. The van der Waals surface area contributed by atoms with Crippen LogP contribution in [0.2, 0.25) is 0 Å². The molecule has 0 aromatic heterocycles. The number of rotatable bonds is 5. The number of hydrogen-bond acceptors (Lipinski definition) is 4. The molecular weight excluding hydrogens is 407 g/mol. The van der Waals surface area contributed by atoms with E-state index in [-0.39, 0.29) is 35.7 Å². The summed E-state index contributed by atoms with van der Waals surface area (Å²) in [5.74, 6) is 0.419. The van der Waals surface area contributed by atoms with Crippen LogP contribution in [-0.4, -0.2) is 44.9 Å². The van der Waals surface area contributed by atoms with Gasteiger partial charge < -0.3 is 10.1 Å². The number of nitrogens with one attached hydrogen (secondary N) is 1. The number of hydrogen-bond donors (Lipinski definition) is 1. The molecule has 1 saturated heterocycles. The summed E-state index contributed by atoms with van der Waals surface area (Å²) in [6, 6.07) is 12.8. The highest BCUT2D eigenvalue weighted by Crippen LogP contribution is 2.27. The van der Waals surface area contributed by atoms with Crippen LogP contribution in [0.15, 0.2) is 53.4 Å². The summed E-state index contributed by atoms with van der Waals surface area (Å²) in [4.78, 5) is 12.7. The summed E-state index contributed by atoms with van der Waals surface area (Å²) in [5.41, 5.74) is 1.15. The molecule has 2 heterocycles. The monoisotopic (exact) mass is 432 g/mol. The molecule has 0 bridgehead atoms. The van der Waals surface area contributed by atoms with Crippen molar-refractivity contribution < 1.29 is 22.3 Å². The third kappa shape index (κ3) is 4.49. The van der Waals surface area contributed by atoms with Crippen molar-refractivity contribution in [2.75, 3.05) is 26.2 Å². The molecule has 1 fully saturated rings. The minimum absolute atomic E-state index is 0.0345. The van der Waals surface area contributed by atoms with Crippen LogP contribution in [0, 0.1) is 17.7 Å². The summed E-state index contributed by atoms with van der Waals surface area (Å²) >= 11 is 0. The maximum absolute atomic E-state index is 13.1. The summed E-state index contributed by atoms with van der Waals surface area (Å²) in [6.07, 6.45) is 1.80. The summed E-state index contributed by atoms with van der Waals surface area (Å²) in [5, 5.41) is 3.02. The van der Waals surface area contributed by atoms with Gasteiger partial charge in [-0.1, -0.05) is 18.2 Å². The summed E-state index contributed by atoms with van der Waals surface area (Å²) in [7, 11) is -3.67. The zero-order valence-corrected chi connectivity index (χ0v) is 17.4. The predicted octanol–water partition coefficient (Wildman–Crippen LogP) is 2.59. The molecule has 8 heteroatoms. The number of carbonyl (C=O) groups excluding carboxylic acids is 1. The molecule has 0 saturated carbocycles. The number of fused-ring (bicyclic) bond motifs is 1. The number of halogens is 1. The van der Waals surface area contributed by atoms with Gasteiger partial charge in [0, 0.05) is 31.5 Å². The smallest absolute Gasteiger partial charge is 0.243 e. The molecule has 160 valence electrons. The van der Waals surface area contributed by atoms with Gasteiger partial charge in [-0.15, -0.1) is 0 Å². The molecule has 1 atom stereocenters. The second-order valence-electron chi connectivity index (χ2n) is 7.87. The van der Waals surface area contributed by atoms with E-state index >= 15 is 0 Å². The van der Waals surface area contributed by atoms with Gasteiger partial charge in [0.2, 0.25) is 15.9 Å². The van der Waals surface area contributed by atoms with Crippen molar-refractivity contribution in [1.82, 2.24) is 9.62 Å². The van der Waals surface area contributed by atoms with Crippen molar-refractivity contribution in [1.29, 1.82) is 0 Å². The van der Waals surface area contributed by atoms with Gasteiger partial charge in [0.15, 0.2) is 0 Å². The molecule has 30 heavy (non-hydrogen) atoms. The minimum atomic E-state index is -3.67. The third-order valence-electron chi connectivity index (χ3n) is 5.80. The average molecular weight is 433 g/mol. The van der Waals surface area contributed by atoms with Crippen LogP contribution >= 0.6 is 0 Å². The molecule has 1 unspecified atom stereocenters. The molecule has 0 aliphatic carbocycles. The Balaban J connectivity index is 1.27. The number of sulfonamides is 1. The highest BCUT2D eigenvalue weighted by molar-refractivity contribution is 7.89. The highest BCUT2D eigenvalue weighted by Gasteiger charge is 2.32. The van der Waals surface area contributed by atoms with Gasteiger partial charge in [0.25, 0.3) is 0 Å². The van der Waals surface area contributed by atoms with E-state index in [1.807, 2.05) is 24.3 Å². The number of nitrogens with zero attached hydrogens (tertiary/aromatic N) is 1. The molecule has 1 N–H and O–H groups in total. The summed E-state index contributed by atoms with van der Waals surface area (Å²) < 4.78 is 45.6. The van der Waals surface area contributed by atoms with Crippen LogP contribution in [-0.2, 0) is 21.2 Å². The molecule has 6 nitrogen and oxygen atoms in total. The van der Waals surface area contributed by atoms with E-state index in [2.05, 4.69) is 5.32 Å². The SMILES string of the molecule is O=C(NCC1COc2ccccc2C1)C1CCN(S(=O)(=O)c2ccc(F)cc2)CC1. The van der Waals surface area contributed by atoms with E-state index in [4.69, 9.17) is 4.74 Å². The Kier molecular flexibility index (Phi) is 6.06. The fourth-order valence-electron chi connectivity index (χ4n) is 4.03. The van der Waals surface area contributed by atoms with Crippen molar-refractivity contribution in [2.45, 2.75) is 24.2 Å². The van der Waals surface area contributed by atoms with Gasteiger partial charge in [-0.25, -0.2) is 12.8 Å². The van der Waals surface area contributed by atoms with E-state index in [1.165, 1.54) is 16.4 Å². The average Bonchev–Trinajstić information content (AvgIpc) is 2.77. The standard InChI is InChI=1S/C22H25FN2O4S/c23-19-5-7-20(8-6-19)30(27,28)25-11-9-17(10-12-25)22(26)24-14-16-13-18-3-1-2-4-21(18)29-15-16/h1-8,16-17H,9-15H2,(H,24,26). The van der Waals surface area contributed by atoms with E-state index in [1.54, 1.807) is 0 Å². The van der Waals surface area contributed by atoms with E-state index in [9.17, 15) is 17.6 Å². The number of piperidine rings is 1. The van der Waals surface area contributed by atoms with Gasteiger partial charge in [0.05, 0.1) is 11.5 Å². The largest absolute Gasteiger partial charge is 0.493 e. The number of amides is 1. The number of benzene rings is 2. The fourth-order valence-corrected chi connectivity index (χ4v) is 5.49. The Bertz CT molecular complexity index is 1000. The lowest BCUT2D eigenvalue weighted by Crippen LogP contribution is -2.44. The van der Waals surface area contributed by atoms with Crippen LogP contribution in [0.5, 0.6) is 5.75 Å². The first-order chi connectivity index (χ1) is 14.4. The van der Waals surface area contributed by atoms with Crippen molar-refractivity contribution in [3.63, 3.8) is 0 Å². The van der Waals surface area contributed by atoms with Crippen molar-refractivity contribution in [2.24, 2.45) is 11.8 Å². The molecule has 1 amide bonds. The van der Waals surface area contributed by atoms with Crippen LogP contribution in [0.1, 0.15) is 18.4 Å². The van der Waals surface area contributed by atoms with E-state index in [0.717, 1.165) is 29.9 Å². The molecule has 2 aliphatic rings. The Labute approximate surface area is 176 Å².